The van der Waals surface area contributed by atoms with Gasteiger partial charge in [-0.1, -0.05) is 234 Å². The average Bonchev–Trinajstić information content (AvgIpc) is 3.21. The van der Waals surface area contributed by atoms with Gasteiger partial charge in [-0.3, -0.25) is 14.4 Å². The molecule has 0 aliphatic rings. The van der Waals surface area contributed by atoms with Crippen molar-refractivity contribution in [1.82, 2.24) is 0 Å². The van der Waals surface area contributed by atoms with E-state index in [0.29, 0.717) is 0 Å². The van der Waals surface area contributed by atoms with Crippen LogP contribution in [-0.2, 0) is 28.6 Å². The molecule has 0 aromatic rings. The van der Waals surface area contributed by atoms with Gasteiger partial charge in [-0.25, -0.2) is 0 Å². The molecule has 3 unspecified atom stereocenters. The molecule has 0 saturated carbocycles. The summed E-state index contributed by atoms with van der Waals surface area (Å²) in [7, 11) is 0. The number of carbonyl (C=O) groups excluding carboxylic acids is 3. The van der Waals surface area contributed by atoms with Gasteiger partial charge in [0.15, 0.2) is 6.10 Å². The zero-order valence-electron chi connectivity index (χ0n) is 39.1. The Labute approximate surface area is 355 Å². The number of hydrogen-bond donors (Lipinski definition) is 0. The molecule has 0 N–H and O–H groups in total. The largest absolute Gasteiger partial charge is 0.461 e. The van der Waals surface area contributed by atoms with Crippen LogP contribution in [0, 0.1) is 17.8 Å². The second-order valence-corrected chi connectivity index (χ2v) is 17.6. The molecule has 0 spiro atoms. The van der Waals surface area contributed by atoms with Crippen molar-refractivity contribution >= 4 is 17.9 Å². The topological polar surface area (TPSA) is 78.9 Å². The normalized spacial score (nSPS) is 13.6. The van der Waals surface area contributed by atoms with Crippen molar-refractivity contribution in [3.8, 4) is 0 Å². The van der Waals surface area contributed by atoms with Gasteiger partial charge in [0, 0.05) is 0 Å². The number of rotatable bonds is 44. The first-order valence-electron chi connectivity index (χ1n) is 25.4. The molecule has 0 fully saturated rings. The first kappa shape index (κ1) is 55.4. The van der Waals surface area contributed by atoms with E-state index in [0.717, 1.165) is 135 Å². The summed E-state index contributed by atoms with van der Waals surface area (Å²) in [5, 5.41) is 0. The standard InChI is InChI=1S/C51H98O6/c1-7-13-19-25-28-34-39-45(37-31-22-16-10-4)49(52)55-43-48(57-51(54)47(41-33-24-18-12-6)42-36-30-27-21-15-9-3)44-56-50(53)46(38-32-23-17-11-5)40-35-29-26-20-14-8-2/h45-48H,7-44H2,1-6H3. The Hall–Kier alpha value is -1.59. The molecule has 0 rings (SSSR count). The van der Waals surface area contributed by atoms with Gasteiger partial charge < -0.3 is 14.2 Å². The Kier molecular flexibility index (Phi) is 41.3. The van der Waals surface area contributed by atoms with Crippen molar-refractivity contribution in [3.63, 3.8) is 0 Å². The predicted molar refractivity (Wildman–Crippen MR) is 243 cm³/mol. The Morgan fingerprint density at radius 2 is 0.509 bits per heavy atom. The van der Waals surface area contributed by atoms with Crippen molar-refractivity contribution in [2.24, 2.45) is 17.8 Å². The molecule has 6 nitrogen and oxygen atoms in total. The molecule has 0 aromatic heterocycles. The van der Waals surface area contributed by atoms with E-state index in [1.54, 1.807) is 0 Å². The number of ether oxygens (including phenoxy) is 3. The number of unbranched alkanes of at least 4 members (excludes halogenated alkanes) is 24. The summed E-state index contributed by atoms with van der Waals surface area (Å²) >= 11 is 0. The van der Waals surface area contributed by atoms with Crippen LogP contribution in [0.3, 0.4) is 0 Å². The maximum Gasteiger partial charge on any atom is 0.309 e. The van der Waals surface area contributed by atoms with Crippen LogP contribution in [-0.4, -0.2) is 37.2 Å². The summed E-state index contributed by atoms with van der Waals surface area (Å²) in [5.74, 6) is -1.06. The third-order valence-electron chi connectivity index (χ3n) is 12.0. The van der Waals surface area contributed by atoms with E-state index < -0.39 is 6.10 Å². The number of hydrogen-bond acceptors (Lipinski definition) is 6. The van der Waals surface area contributed by atoms with Crippen molar-refractivity contribution in [2.45, 2.75) is 279 Å². The summed E-state index contributed by atoms with van der Waals surface area (Å²) in [4.78, 5) is 41.4. The van der Waals surface area contributed by atoms with Gasteiger partial charge in [0.25, 0.3) is 0 Å². The highest BCUT2D eigenvalue weighted by Gasteiger charge is 2.28. The molecule has 338 valence electrons. The van der Waals surface area contributed by atoms with Gasteiger partial charge in [0.2, 0.25) is 0 Å². The van der Waals surface area contributed by atoms with E-state index in [1.807, 2.05) is 0 Å². The lowest BCUT2D eigenvalue weighted by Gasteiger charge is -2.24. The highest BCUT2D eigenvalue weighted by molar-refractivity contribution is 5.74. The van der Waals surface area contributed by atoms with Gasteiger partial charge in [-0.05, 0) is 38.5 Å². The minimum absolute atomic E-state index is 0.0576. The molecular weight excluding hydrogens is 709 g/mol. The van der Waals surface area contributed by atoms with E-state index in [-0.39, 0.29) is 48.9 Å². The van der Waals surface area contributed by atoms with E-state index in [2.05, 4.69) is 41.5 Å². The van der Waals surface area contributed by atoms with Crippen LogP contribution in [0.15, 0.2) is 0 Å². The summed E-state index contributed by atoms with van der Waals surface area (Å²) in [6, 6.07) is 0. The molecule has 3 atom stereocenters. The fourth-order valence-corrected chi connectivity index (χ4v) is 8.07. The monoisotopic (exact) mass is 807 g/mol. The first-order chi connectivity index (χ1) is 27.9. The van der Waals surface area contributed by atoms with Crippen molar-refractivity contribution in [3.05, 3.63) is 0 Å². The zero-order valence-corrected chi connectivity index (χ0v) is 39.1. The lowest BCUT2D eigenvalue weighted by molar-refractivity contribution is -0.172. The highest BCUT2D eigenvalue weighted by Crippen LogP contribution is 2.25. The second kappa shape index (κ2) is 42.5. The van der Waals surface area contributed by atoms with Crippen LogP contribution in [0.4, 0.5) is 0 Å². The highest BCUT2D eigenvalue weighted by atomic mass is 16.6. The summed E-state index contributed by atoms with van der Waals surface area (Å²) in [5.41, 5.74) is 0. The molecule has 0 aromatic carbocycles. The Morgan fingerprint density at radius 3 is 0.772 bits per heavy atom. The molecule has 0 heterocycles. The first-order valence-corrected chi connectivity index (χ1v) is 25.4. The smallest absolute Gasteiger partial charge is 0.309 e. The van der Waals surface area contributed by atoms with Crippen molar-refractivity contribution in [1.29, 1.82) is 0 Å². The van der Waals surface area contributed by atoms with Gasteiger partial charge in [-0.2, -0.15) is 0 Å². The van der Waals surface area contributed by atoms with Gasteiger partial charge in [0.1, 0.15) is 13.2 Å². The predicted octanol–water partition coefficient (Wildman–Crippen LogP) is 16.0. The Bertz CT molecular complexity index is 841. The summed E-state index contributed by atoms with van der Waals surface area (Å²) < 4.78 is 18.3. The molecule has 0 aliphatic heterocycles. The van der Waals surface area contributed by atoms with Crippen molar-refractivity contribution < 1.29 is 28.6 Å². The lowest BCUT2D eigenvalue weighted by atomic mass is 9.94. The van der Waals surface area contributed by atoms with Crippen LogP contribution in [0.25, 0.3) is 0 Å². The van der Waals surface area contributed by atoms with Gasteiger partial charge in [-0.15, -0.1) is 0 Å². The molecule has 0 radical (unpaired) electrons. The van der Waals surface area contributed by atoms with E-state index >= 15 is 0 Å². The molecule has 6 heteroatoms. The van der Waals surface area contributed by atoms with Crippen LogP contribution in [0.5, 0.6) is 0 Å². The molecule has 57 heavy (non-hydrogen) atoms. The van der Waals surface area contributed by atoms with Crippen LogP contribution in [0.1, 0.15) is 273 Å². The van der Waals surface area contributed by atoms with E-state index in [4.69, 9.17) is 14.2 Å². The van der Waals surface area contributed by atoms with Crippen LogP contribution in [0.2, 0.25) is 0 Å². The molecule has 0 bridgehead atoms. The minimum Gasteiger partial charge on any atom is -0.461 e. The quantitative estimate of drug-likeness (QED) is 0.0347. The Morgan fingerprint density at radius 1 is 0.298 bits per heavy atom. The molecule has 0 amide bonds. The lowest BCUT2D eigenvalue weighted by Crippen LogP contribution is -2.35. The maximum atomic E-state index is 13.9. The summed E-state index contributed by atoms with van der Waals surface area (Å²) in [6.07, 6.45) is 39.0. The summed E-state index contributed by atoms with van der Waals surface area (Å²) in [6.45, 7) is 13.2. The van der Waals surface area contributed by atoms with Crippen LogP contribution >= 0.6 is 0 Å². The number of esters is 3. The van der Waals surface area contributed by atoms with E-state index in [9.17, 15) is 14.4 Å². The fraction of sp³-hybridized carbons (Fsp3) is 0.941. The molecular formula is C51H98O6. The van der Waals surface area contributed by atoms with Crippen LogP contribution < -0.4 is 0 Å². The third-order valence-corrected chi connectivity index (χ3v) is 12.0. The van der Waals surface area contributed by atoms with E-state index in [1.165, 1.54) is 96.3 Å². The fourth-order valence-electron chi connectivity index (χ4n) is 8.07. The molecule has 0 aliphatic carbocycles. The van der Waals surface area contributed by atoms with Crippen molar-refractivity contribution in [2.75, 3.05) is 13.2 Å². The second-order valence-electron chi connectivity index (χ2n) is 17.6. The molecule has 0 saturated heterocycles. The Balaban J connectivity index is 5.91. The minimum atomic E-state index is -0.794. The number of carbonyl (C=O) groups is 3. The van der Waals surface area contributed by atoms with Gasteiger partial charge >= 0.3 is 17.9 Å². The average molecular weight is 807 g/mol. The van der Waals surface area contributed by atoms with Gasteiger partial charge in [0.05, 0.1) is 17.8 Å². The zero-order chi connectivity index (χ0) is 42.0. The SMILES string of the molecule is CCCCCCCCC(CCCCCC)C(=O)OCC(COC(=O)C(CCCCCC)CCCCCCCC)OC(=O)C(CCCCCC)CCCCCCCC. The third kappa shape index (κ3) is 33.9. The maximum absolute atomic E-state index is 13.9.